The van der Waals surface area contributed by atoms with Crippen LogP contribution in [0.3, 0.4) is 0 Å². The molecule has 104 valence electrons. The smallest absolute Gasteiger partial charge is 0.224 e. The molecule has 0 aliphatic heterocycles. The quantitative estimate of drug-likeness (QED) is 0.669. The third-order valence-corrected chi connectivity index (χ3v) is 3.21. The van der Waals surface area contributed by atoms with Crippen molar-refractivity contribution in [2.75, 3.05) is 11.1 Å². The number of anilines is 2. The molecule has 1 aromatic heterocycles. The molecule has 0 saturated heterocycles. The molecule has 3 N–H and O–H groups in total. The molecule has 2 rings (SSSR count). The van der Waals surface area contributed by atoms with Crippen molar-refractivity contribution >= 4 is 28.9 Å². The van der Waals surface area contributed by atoms with Gasteiger partial charge in [0, 0.05) is 24.0 Å². The summed E-state index contributed by atoms with van der Waals surface area (Å²) in [7, 11) is 0. The second kappa shape index (κ2) is 6.39. The van der Waals surface area contributed by atoms with E-state index in [4.69, 9.17) is 17.3 Å². The molecule has 0 aliphatic carbocycles. The normalized spacial score (nSPS) is 11.9. The number of amides is 1. The van der Waals surface area contributed by atoms with E-state index in [-0.39, 0.29) is 11.8 Å². The Morgan fingerprint density at radius 1 is 1.35 bits per heavy atom. The second-order valence-corrected chi connectivity index (χ2v) is 5.07. The molecular formula is C15H16ClN3O. The number of nitrogen functional groups attached to an aromatic ring is 1. The number of nitrogens with two attached hydrogens (primary N) is 1. The van der Waals surface area contributed by atoms with Gasteiger partial charge in [0.05, 0.1) is 0 Å². The lowest BCUT2D eigenvalue weighted by molar-refractivity contribution is -0.116. The molecule has 1 aromatic carbocycles. The van der Waals surface area contributed by atoms with E-state index in [1.807, 2.05) is 31.2 Å². The van der Waals surface area contributed by atoms with Crippen LogP contribution >= 0.6 is 11.6 Å². The van der Waals surface area contributed by atoms with Crippen molar-refractivity contribution in [3.8, 4) is 0 Å². The number of nitrogens with one attached hydrogen (secondary N) is 1. The largest absolute Gasteiger partial charge is 0.399 e. The summed E-state index contributed by atoms with van der Waals surface area (Å²) in [5.74, 6) is 0.0597. The molecule has 0 fully saturated rings. The highest BCUT2D eigenvalue weighted by Gasteiger charge is 2.11. The number of benzene rings is 1. The monoisotopic (exact) mass is 289 g/mol. The van der Waals surface area contributed by atoms with Crippen LogP contribution in [0.5, 0.6) is 0 Å². The maximum atomic E-state index is 12.0. The topological polar surface area (TPSA) is 68.0 Å². The van der Waals surface area contributed by atoms with Crippen LogP contribution in [-0.2, 0) is 4.79 Å². The van der Waals surface area contributed by atoms with Crippen molar-refractivity contribution in [2.45, 2.75) is 19.3 Å². The SMILES string of the molecule is CC(CC(=O)Nc1ccnc(Cl)c1)c1ccc(N)cc1. The molecule has 0 bridgehead atoms. The van der Waals surface area contributed by atoms with E-state index >= 15 is 0 Å². The number of carbonyl (C=O) groups is 1. The molecule has 4 nitrogen and oxygen atoms in total. The molecular weight excluding hydrogens is 274 g/mol. The van der Waals surface area contributed by atoms with Crippen molar-refractivity contribution < 1.29 is 4.79 Å². The van der Waals surface area contributed by atoms with Crippen LogP contribution in [-0.4, -0.2) is 10.9 Å². The van der Waals surface area contributed by atoms with Crippen LogP contribution in [0.2, 0.25) is 5.15 Å². The van der Waals surface area contributed by atoms with Gasteiger partial charge >= 0.3 is 0 Å². The Labute approximate surface area is 123 Å². The van der Waals surface area contributed by atoms with Crippen molar-refractivity contribution in [1.29, 1.82) is 0 Å². The fraction of sp³-hybridized carbons (Fsp3) is 0.200. The van der Waals surface area contributed by atoms with Gasteiger partial charge in [0.2, 0.25) is 5.91 Å². The number of hydrogen-bond donors (Lipinski definition) is 2. The Bertz CT molecular complexity index is 598. The number of hydrogen-bond acceptors (Lipinski definition) is 3. The Morgan fingerprint density at radius 3 is 2.70 bits per heavy atom. The lowest BCUT2D eigenvalue weighted by atomic mass is 9.97. The highest BCUT2D eigenvalue weighted by Crippen LogP contribution is 2.21. The van der Waals surface area contributed by atoms with Gasteiger partial charge in [-0.15, -0.1) is 0 Å². The first-order valence-corrected chi connectivity index (χ1v) is 6.69. The summed E-state index contributed by atoms with van der Waals surface area (Å²) in [6, 6.07) is 10.9. The lowest BCUT2D eigenvalue weighted by Gasteiger charge is -2.12. The lowest BCUT2D eigenvalue weighted by Crippen LogP contribution is -2.14. The molecule has 1 amide bonds. The zero-order valence-corrected chi connectivity index (χ0v) is 11.9. The first kappa shape index (κ1) is 14.3. The predicted octanol–water partition coefficient (Wildman–Crippen LogP) is 3.45. The molecule has 1 atom stereocenters. The first-order valence-electron chi connectivity index (χ1n) is 6.31. The highest BCUT2D eigenvalue weighted by atomic mass is 35.5. The molecule has 2 aromatic rings. The van der Waals surface area contributed by atoms with Crippen LogP contribution in [0.15, 0.2) is 42.6 Å². The second-order valence-electron chi connectivity index (χ2n) is 4.69. The maximum absolute atomic E-state index is 12.0. The van der Waals surface area contributed by atoms with Gasteiger partial charge in [-0.05, 0) is 35.7 Å². The van der Waals surface area contributed by atoms with Gasteiger partial charge < -0.3 is 11.1 Å². The van der Waals surface area contributed by atoms with Crippen molar-refractivity contribution in [1.82, 2.24) is 4.98 Å². The fourth-order valence-electron chi connectivity index (χ4n) is 1.91. The molecule has 5 heteroatoms. The Balaban J connectivity index is 1.95. The minimum Gasteiger partial charge on any atom is -0.399 e. The van der Waals surface area contributed by atoms with E-state index in [0.29, 0.717) is 17.3 Å². The van der Waals surface area contributed by atoms with E-state index < -0.39 is 0 Å². The maximum Gasteiger partial charge on any atom is 0.224 e. The number of carbonyl (C=O) groups excluding carboxylic acids is 1. The number of rotatable bonds is 4. The Hall–Kier alpha value is -2.07. The van der Waals surface area contributed by atoms with Gasteiger partial charge in [0.25, 0.3) is 0 Å². The van der Waals surface area contributed by atoms with Gasteiger partial charge in [-0.25, -0.2) is 4.98 Å². The summed E-state index contributed by atoms with van der Waals surface area (Å²) in [4.78, 5) is 15.8. The van der Waals surface area contributed by atoms with Crippen molar-refractivity contribution in [3.05, 3.63) is 53.3 Å². The van der Waals surface area contributed by atoms with Gasteiger partial charge in [0.15, 0.2) is 0 Å². The van der Waals surface area contributed by atoms with Crippen LogP contribution < -0.4 is 11.1 Å². The van der Waals surface area contributed by atoms with Crippen LogP contribution in [0.25, 0.3) is 0 Å². The number of halogens is 1. The fourth-order valence-corrected chi connectivity index (χ4v) is 2.09. The standard InChI is InChI=1S/C15H16ClN3O/c1-10(11-2-4-12(17)5-3-11)8-15(20)19-13-6-7-18-14(16)9-13/h2-7,9-10H,8,17H2,1H3,(H,18,19,20). The number of nitrogens with zero attached hydrogens (tertiary/aromatic N) is 1. The average Bonchev–Trinajstić information content (AvgIpc) is 2.39. The first-order chi connectivity index (χ1) is 9.54. The molecule has 0 aliphatic rings. The molecule has 0 saturated carbocycles. The number of aromatic nitrogens is 1. The molecule has 1 heterocycles. The number of pyridine rings is 1. The Morgan fingerprint density at radius 2 is 2.05 bits per heavy atom. The summed E-state index contributed by atoms with van der Waals surface area (Å²) in [6.07, 6.45) is 1.95. The zero-order valence-electron chi connectivity index (χ0n) is 11.1. The van der Waals surface area contributed by atoms with Gasteiger partial charge in [-0.3, -0.25) is 4.79 Å². The van der Waals surface area contributed by atoms with Gasteiger partial charge in [-0.2, -0.15) is 0 Å². The van der Waals surface area contributed by atoms with Gasteiger partial charge in [0.1, 0.15) is 5.15 Å². The van der Waals surface area contributed by atoms with Crippen LogP contribution in [0, 0.1) is 0 Å². The summed E-state index contributed by atoms with van der Waals surface area (Å²) >= 11 is 5.77. The van der Waals surface area contributed by atoms with Crippen LogP contribution in [0.4, 0.5) is 11.4 Å². The van der Waals surface area contributed by atoms with E-state index in [0.717, 1.165) is 11.3 Å². The van der Waals surface area contributed by atoms with E-state index in [9.17, 15) is 4.79 Å². The minimum absolute atomic E-state index is 0.0587. The summed E-state index contributed by atoms with van der Waals surface area (Å²) in [6.45, 7) is 2.00. The van der Waals surface area contributed by atoms with Crippen molar-refractivity contribution in [2.24, 2.45) is 0 Å². The molecule has 1 unspecified atom stereocenters. The minimum atomic E-state index is -0.0587. The van der Waals surface area contributed by atoms with Gasteiger partial charge in [-0.1, -0.05) is 30.7 Å². The third kappa shape index (κ3) is 3.96. The Kier molecular flexibility index (Phi) is 4.58. The zero-order chi connectivity index (χ0) is 14.5. The average molecular weight is 290 g/mol. The van der Waals surface area contributed by atoms with Crippen LogP contribution in [0.1, 0.15) is 24.8 Å². The predicted molar refractivity (Wildman–Crippen MR) is 81.8 cm³/mol. The summed E-state index contributed by atoms with van der Waals surface area (Å²) < 4.78 is 0. The summed E-state index contributed by atoms with van der Waals surface area (Å²) in [5, 5.41) is 3.16. The van der Waals surface area contributed by atoms with Crippen molar-refractivity contribution in [3.63, 3.8) is 0 Å². The summed E-state index contributed by atoms with van der Waals surface area (Å²) in [5.41, 5.74) is 8.10. The third-order valence-electron chi connectivity index (χ3n) is 3.01. The van der Waals surface area contributed by atoms with E-state index in [1.54, 1.807) is 18.3 Å². The van der Waals surface area contributed by atoms with E-state index in [1.165, 1.54) is 0 Å². The highest BCUT2D eigenvalue weighted by molar-refractivity contribution is 6.29. The molecule has 0 spiro atoms. The van der Waals surface area contributed by atoms with E-state index in [2.05, 4.69) is 10.3 Å². The molecule has 0 radical (unpaired) electrons. The molecule has 20 heavy (non-hydrogen) atoms.